The molecule has 0 aliphatic heterocycles. The molecule has 112 valence electrons. The summed E-state index contributed by atoms with van der Waals surface area (Å²) in [6.45, 7) is -0.219. The van der Waals surface area contributed by atoms with Gasteiger partial charge in [-0.3, -0.25) is 4.79 Å². The summed E-state index contributed by atoms with van der Waals surface area (Å²) in [6.07, 6.45) is -3.36. The normalized spacial score (nSPS) is 11.6. The zero-order chi connectivity index (χ0) is 15.6. The molecule has 0 aromatic carbocycles. The van der Waals surface area contributed by atoms with E-state index >= 15 is 0 Å². The van der Waals surface area contributed by atoms with Crippen LogP contribution in [-0.4, -0.2) is 24.5 Å². The molecule has 0 aliphatic carbocycles. The summed E-state index contributed by atoms with van der Waals surface area (Å²) in [4.78, 5) is 21.2. The molecule has 0 amide bonds. The molecule has 8 nitrogen and oxygen atoms in total. The lowest BCUT2D eigenvalue weighted by atomic mass is 10.4. The number of halogens is 3. The van der Waals surface area contributed by atoms with Crippen LogP contribution >= 0.6 is 0 Å². The number of nitrogens with zero attached hydrogens (tertiary/aromatic N) is 5. The molecule has 2 heterocycles. The van der Waals surface area contributed by atoms with Gasteiger partial charge in [0.15, 0.2) is 5.69 Å². The van der Waals surface area contributed by atoms with Crippen LogP contribution in [0.2, 0.25) is 0 Å². The molecule has 21 heavy (non-hydrogen) atoms. The Labute approximate surface area is 114 Å². The van der Waals surface area contributed by atoms with Gasteiger partial charge in [-0.2, -0.15) is 23.0 Å². The van der Waals surface area contributed by atoms with Gasteiger partial charge in [0.05, 0.1) is 30.5 Å². The molecule has 2 aromatic rings. The third kappa shape index (κ3) is 3.43. The molecule has 0 N–H and O–H groups in total. The van der Waals surface area contributed by atoms with Crippen LogP contribution in [0.25, 0.3) is 0 Å². The maximum absolute atomic E-state index is 12.5. The standard InChI is InChI=1S/C10H8F3N5O3/c11-10(12,13)7-1-2-9(19)17(14-7)6-5-16-4-3-8(15-16)18(20)21/h1-4H,5-6H2. The summed E-state index contributed by atoms with van der Waals surface area (Å²) in [5.74, 6) is -0.389. The van der Waals surface area contributed by atoms with E-state index in [4.69, 9.17) is 0 Å². The molecule has 0 spiro atoms. The van der Waals surface area contributed by atoms with Crippen LogP contribution in [0, 0.1) is 10.1 Å². The first-order valence-corrected chi connectivity index (χ1v) is 5.60. The van der Waals surface area contributed by atoms with Crippen molar-refractivity contribution in [1.29, 1.82) is 0 Å². The number of nitro groups is 1. The van der Waals surface area contributed by atoms with Crippen molar-refractivity contribution in [2.45, 2.75) is 19.3 Å². The third-order valence-electron chi connectivity index (χ3n) is 2.51. The van der Waals surface area contributed by atoms with Gasteiger partial charge in [-0.05, 0) is 11.0 Å². The van der Waals surface area contributed by atoms with Gasteiger partial charge >= 0.3 is 12.0 Å². The highest BCUT2D eigenvalue weighted by atomic mass is 19.4. The van der Waals surface area contributed by atoms with Crippen LogP contribution < -0.4 is 5.56 Å². The topological polar surface area (TPSA) is 95.8 Å². The molecule has 0 bridgehead atoms. The fourth-order valence-electron chi connectivity index (χ4n) is 1.53. The van der Waals surface area contributed by atoms with Crippen LogP contribution in [0.4, 0.5) is 19.0 Å². The van der Waals surface area contributed by atoms with Gasteiger partial charge in [-0.15, -0.1) is 0 Å². The van der Waals surface area contributed by atoms with E-state index in [1.54, 1.807) is 0 Å². The summed E-state index contributed by atoms with van der Waals surface area (Å²) in [7, 11) is 0. The quantitative estimate of drug-likeness (QED) is 0.621. The lowest BCUT2D eigenvalue weighted by Crippen LogP contribution is -2.27. The van der Waals surface area contributed by atoms with Crippen LogP contribution in [-0.2, 0) is 19.3 Å². The summed E-state index contributed by atoms with van der Waals surface area (Å²) in [6, 6.07) is 2.50. The predicted octanol–water partition coefficient (Wildman–Crippen LogP) is 1.07. The molecule has 0 aliphatic rings. The highest BCUT2D eigenvalue weighted by Gasteiger charge is 2.33. The van der Waals surface area contributed by atoms with Gasteiger partial charge in [0, 0.05) is 6.07 Å². The fraction of sp³-hybridized carbons (Fsp3) is 0.300. The van der Waals surface area contributed by atoms with Gasteiger partial charge in [-0.1, -0.05) is 0 Å². The Bertz CT molecular complexity index is 721. The molecule has 0 saturated heterocycles. The molecule has 0 atom stereocenters. The van der Waals surface area contributed by atoms with Crippen LogP contribution in [0.1, 0.15) is 5.69 Å². The first-order chi connectivity index (χ1) is 9.77. The first kappa shape index (κ1) is 14.7. The van der Waals surface area contributed by atoms with Gasteiger partial charge in [-0.25, -0.2) is 4.68 Å². The minimum atomic E-state index is -4.65. The second kappa shape index (κ2) is 5.34. The molecule has 2 aromatic heterocycles. The van der Waals surface area contributed by atoms with E-state index in [-0.39, 0.29) is 18.9 Å². The molecule has 0 saturated carbocycles. The number of aryl methyl sites for hydroxylation is 2. The molecule has 11 heteroatoms. The lowest BCUT2D eigenvalue weighted by Gasteiger charge is -2.08. The van der Waals surface area contributed by atoms with Crippen molar-refractivity contribution < 1.29 is 18.1 Å². The minimum absolute atomic E-state index is 0.0257. The summed E-state index contributed by atoms with van der Waals surface area (Å²) < 4.78 is 39.2. The predicted molar refractivity (Wildman–Crippen MR) is 62.4 cm³/mol. The summed E-state index contributed by atoms with van der Waals surface area (Å²) in [5, 5.41) is 17.2. The number of hydrogen-bond donors (Lipinski definition) is 0. The highest BCUT2D eigenvalue weighted by molar-refractivity contribution is 5.13. The van der Waals surface area contributed by atoms with Gasteiger partial charge < -0.3 is 10.1 Å². The zero-order valence-electron chi connectivity index (χ0n) is 10.3. The Morgan fingerprint density at radius 3 is 2.48 bits per heavy atom. The van der Waals surface area contributed by atoms with Crippen LogP contribution in [0.15, 0.2) is 29.2 Å². The van der Waals surface area contributed by atoms with E-state index in [0.29, 0.717) is 10.7 Å². The zero-order valence-corrected chi connectivity index (χ0v) is 10.3. The van der Waals surface area contributed by atoms with E-state index in [9.17, 15) is 28.1 Å². The van der Waals surface area contributed by atoms with Crippen molar-refractivity contribution in [2.24, 2.45) is 0 Å². The largest absolute Gasteiger partial charge is 0.435 e. The van der Waals surface area contributed by atoms with E-state index < -0.39 is 22.4 Å². The maximum Gasteiger partial charge on any atom is 0.435 e. The Morgan fingerprint density at radius 1 is 1.19 bits per heavy atom. The molecular weight excluding hydrogens is 295 g/mol. The van der Waals surface area contributed by atoms with E-state index in [0.717, 1.165) is 16.8 Å². The van der Waals surface area contributed by atoms with Crippen molar-refractivity contribution in [3.63, 3.8) is 0 Å². The minimum Gasteiger partial charge on any atom is -0.358 e. The lowest BCUT2D eigenvalue weighted by molar-refractivity contribution is -0.389. The van der Waals surface area contributed by atoms with Crippen molar-refractivity contribution in [2.75, 3.05) is 0 Å². The monoisotopic (exact) mass is 303 g/mol. The Balaban J connectivity index is 2.15. The number of aromatic nitrogens is 4. The molecule has 2 rings (SSSR count). The van der Waals surface area contributed by atoms with Crippen LogP contribution in [0.3, 0.4) is 0 Å². The van der Waals surface area contributed by atoms with E-state index in [2.05, 4.69) is 10.2 Å². The second-order valence-corrected chi connectivity index (χ2v) is 3.97. The Kier molecular flexibility index (Phi) is 3.74. The fourth-order valence-corrected chi connectivity index (χ4v) is 1.53. The summed E-state index contributed by atoms with van der Waals surface area (Å²) in [5.41, 5.74) is -1.89. The first-order valence-electron chi connectivity index (χ1n) is 5.60. The van der Waals surface area contributed by atoms with Crippen LogP contribution in [0.5, 0.6) is 0 Å². The van der Waals surface area contributed by atoms with E-state index in [1.807, 2.05) is 0 Å². The number of rotatable bonds is 4. The molecule has 0 fully saturated rings. The average Bonchev–Trinajstić information content (AvgIpc) is 2.85. The Morgan fingerprint density at radius 2 is 1.90 bits per heavy atom. The van der Waals surface area contributed by atoms with Crippen molar-refractivity contribution in [3.05, 3.63) is 50.6 Å². The third-order valence-corrected chi connectivity index (χ3v) is 2.51. The van der Waals surface area contributed by atoms with Gasteiger partial charge in [0.1, 0.15) is 0 Å². The van der Waals surface area contributed by atoms with Crippen molar-refractivity contribution >= 4 is 5.82 Å². The van der Waals surface area contributed by atoms with E-state index in [1.165, 1.54) is 6.20 Å². The number of alkyl halides is 3. The molecule has 0 unspecified atom stereocenters. The highest BCUT2D eigenvalue weighted by Crippen LogP contribution is 2.26. The maximum atomic E-state index is 12.5. The second-order valence-electron chi connectivity index (χ2n) is 3.97. The SMILES string of the molecule is O=c1ccc(C(F)(F)F)nn1CCn1ccc([N+](=O)[O-])n1. The molecule has 0 radical (unpaired) electrons. The average molecular weight is 303 g/mol. The molecular formula is C10H8F3N5O3. The van der Waals surface area contributed by atoms with Crippen molar-refractivity contribution in [3.8, 4) is 0 Å². The number of hydrogen-bond acceptors (Lipinski definition) is 5. The van der Waals surface area contributed by atoms with Gasteiger partial charge in [0.25, 0.3) is 5.56 Å². The Hall–Kier alpha value is -2.72. The summed E-state index contributed by atoms with van der Waals surface area (Å²) >= 11 is 0. The smallest absolute Gasteiger partial charge is 0.358 e. The van der Waals surface area contributed by atoms with Gasteiger partial charge in [0.2, 0.25) is 0 Å². The van der Waals surface area contributed by atoms with Crippen molar-refractivity contribution in [1.82, 2.24) is 19.6 Å².